The van der Waals surface area contributed by atoms with Crippen molar-refractivity contribution in [3.05, 3.63) is 71.8 Å². The van der Waals surface area contributed by atoms with Gasteiger partial charge in [0, 0.05) is 5.69 Å². The Balaban J connectivity index is 1.77. The van der Waals surface area contributed by atoms with E-state index in [1.165, 1.54) is 18.2 Å². The van der Waals surface area contributed by atoms with Gasteiger partial charge in [0.05, 0.1) is 5.56 Å². The second-order valence-corrected chi connectivity index (χ2v) is 5.77. The lowest BCUT2D eigenvalue weighted by Crippen LogP contribution is -2.09. The predicted octanol–water partition coefficient (Wildman–Crippen LogP) is 4.90. The summed E-state index contributed by atoms with van der Waals surface area (Å²) in [5, 5.41) is 2.69. The highest BCUT2D eigenvalue weighted by atomic mass is 19.4. The van der Waals surface area contributed by atoms with Crippen LogP contribution in [0.3, 0.4) is 0 Å². The first kappa shape index (κ1) is 17.1. The number of fused-ring (bicyclic) bond motifs is 1. The van der Waals surface area contributed by atoms with Crippen LogP contribution in [0.4, 0.5) is 18.9 Å². The summed E-state index contributed by atoms with van der Waals surface area (Å²) >= 11 is 0. The Kier molecular flexibility index (Phi) is 4.53. The van der Waals surface area contributed by atoms with Crippen LogP contribution >= 0.6 is 0 Å². The minimum atomic E-state index is -4.36. The van der Waals surface area contributed by atoms with E-state index in [-0.39, 0.29) is 12.0 Å². The zero-order valence-electron chi connectivity index (χ0n) is 13.3. The highest BCUT2D eigenvalue weighted by molar-refractivity contribution is 5.98. The van der Waals surface area contributed by atoms with Gasteiger partial charge in [0.1, 0.15) is 11.9 Å². The number of carbonyl (C=O) groups is 1. The van der Waals surface area contributed by atoms with Gasteiger partial charge in [0.25, 0.3) is 0 Å². The van der Waals surface area contributed by atoms with Crippen LogP contribution in [-0.2, 0) is 17.4 Å². The number of ether oxygens (including phenoxy) is 1. The lowest BCUT2D eigenvalue weighted by molar-refractivity contribution is -0.137. The van der Waals surface area contributed by atoms with Crippen molar-refractivity contribution in [1.82, 2.24) is 0 Å². The molecular formula is C19H16F3NO2. The third-order valence-corrected chi connectivity index (χ3v) is 4.08. The smallest absolute Gasteiger partial charge is 0.416 e. The molecule has 6 heteroatoms. The van der Waals surface area contributed by atoms with Crippen LogP contribution in [0.25, 0.3) is 0 Å². The topological polar surface area (TPSA) is 38.3 Å². The molecule has 1 aliphatic rings. The quantitative estimate of drug-likeness (QED) is 0.799. The van der Waals surface area contributed by atoms with Gasteiger partial charge in [-0.05, 0) is 66.4 Å². The Hall–Kier alpha value is -2.76. The number of amides is 1. The Bertz CT molecular complexity index is 797. The van der Waals surface area contributed by atoms with Gasteiger partial charge >= 0.3 is 6.18 Å². The van der Waals surface area contributed by atoms with E-state index in [1.807, 2.05) is 12.1 Å². The summed E-state index contributed by atoms with van der Waals surface area (Å²) in [7, 11) is 0. The maximum atomic E-state index is 12.6. The Morgan fingerprint density at radius 3 is 2.56 bits per heavy atom. The maximum Gasteiger partial charge on any atom is 0.416 e. The zero-order chi connectivity index (χ0) is 18.0. The van der Waals surface area contributed by atoms with E-state index >= 15 is 0 Å². The van der Waals surface area contributed by atoms with Crippen LogP contribution < -0.4 is 10.1 Å². The molecule has 1 N–H and O–H groups in total. The number of alkyl halides is 3. The Morgan fingerprint density at radius 2 is 1.92 bits per heavy atom. The largest absolute Gasteiger partial charge is 0.486 e. The molecule has 0 saturated carbocycles. The van der Waals surface area contributed by atoms with Crippen molar-refractivity contribution in [3.8, 4) is 5.75 Å². The average Bonchev–Trinajstić information content (AvgIpc) is 2.97. The second kappa shape index (κ2) is 6.63. The maximum absolute atomic E-state index is 12.6. The van der Waals surface area contributed by atoms with E-state index in [1.54, 1.807) is 6.07 Å². The SMILES string of the molecule is C=CC(=O)Nc1ccc2c(c1)C(Oc1ccc(C(F)(F)F)cc1)CC2. The van der Waals surface area contributed by atoms with E-state index in [0.29, 0.717) is 11.4 Å². The fourth-order valence-electron chi connectivity index (χ4n) is 2.84. The first-order valence-electron chi connectivity index (χ1n) is 7.77. The van der Waals surface area contributed by atoms with Crippen LogP contribution in [-0.4, -0.2) is 5.91 Å². The van der Waals surface area contributed by atoms with E-state index in [4.69, 9.17) is 4.74 Å². The van der Waals surface area contributed by atoms with Crippen LogP contribution in [0.15, 0.2) is 55.1 Å². The molecule has 2 aromatic carbocycles. The molecule has 3 rings (SSSR count). The van der Waals surface area contributed by atoms with Gasteiger partial charge in [0.15, 0.2) is 0 Å². The predicted molar refractivity (Wildman–Crippen MR) is 88.4 cm³/mol. The van der Waals surface area contributed by atoms with E-state index in [9.17, 15) is 18.0 Å². The fraction of sp³-hybridized carbons (Fsp3) is 0.211. The van der Waals surface area contributed by atoms with Crippen LogP contribution in [0, 0.1) is 0 Å². The van der Waals surface area contributed by atoms with Crippen LogP contribution in [0.1, 0.15) is 29.2 Å². The van der Waals surface area contributed by atoms with Crippen molar-refractivity contribution in [2.45, 2.75) is 25.1 Å². The molecule has 25 heavy (non-hydrogen) atoms. The van der Waals surface area contributed by atoms with Gasteiger partial charge in [-0.1, -0.05) is 12.6 Å². The summed E-state index contributed by atoms with van der Waals surface area (Å²) in [5.74, 6) is 0.0736. The number of benzene rings is 2. The van der Waals surface area contributed by atoms with Crippen LogP contribution in [0.2, 0.25) is 0 Å². The van der Waals surface area contributed by atoms with Crippen molar-refractivity contribution in [2.24, 2.45) is 0 Å². The highest BCUT2D eigenvalue weighted by Gasteiger charge is 2.30. The first-order chi connectivity index (χ1) is 11.9. The minimum absolute atomic E-state index is 0.257. The summed E-state index contributed by atoms with van der Waals surface area (Å²) in [6.07, 6.45) is -1.89. The zero-order valence-corrected chi connectivity index (χ0v) is 13.3. The minimum Gasteiger partial charge on any atom is -0.486 e. The molecule has 0 fully saturated rings. The Labute approximate surface area is 143 Å². The van der Waals surface area contributed by atoms with Crippen molar-refractivity contribution < 1.29 is 22.7 Å². The number of aryl methyl sites for hydroxylation is 1. The fourth-order valence-corrected chi connectivity index (χ4v) is 2.84. The number of hydrogen-bond acceptors (Lipinski definition) is 2. The van der Waals surface area contributed by atoms with Crippen molar-refractivity contribution in [2.75, 3.05) is 5.32 Å². The van der Waals surface area contributed by atoms with Crippen molar-refractivity contribution >= 4 is 11.6 Å². The van der Waals surface area contributed by atoms with E-state index in [0.717, 1.165) is 36.1 Å². The van der Waals surface area contributed by atoms with Gasteiger partial charge in [-0.3, -0.25) is 4.79 Å². The molecule has 0 saturated heterocycles. The van der Waals surface area contributed by atoms with E-state index < -0.39 is 11.7 Å². The van der Waals surface area contributed by atoms with Gasteiger partial charge in [-0.2, -0.15) is 13.2 Å². The van der Waals surface area contributed by atoms with Crippen LogP contribution in [0.5, 0.6) is 5.75 Å². The standard InChI is InChI=1S/C19H16F3NO2/c1-2-18(24)23-14-7-3-12-4-10-17(16(12)11-14)25-15-8-5-13(6-9-15)19(20,21)22/h2-3,5-9,11,17H,1,4,10H2,(H,23,24). The normalized spacial score (nSPS) is 16.2. The summed E-state index contributed by atoms with van der Waals surface area (Å²) in [6, 6.07) is 10.2. The second-order valence-electron chi connectivity index (χ2n) is 5.77. The molecule has 0 aliphatic heterocycles. The molecule has 0 radical (unpaired) electrons. The van der Waals surface area contributed by atoms with Crippen molar-refractivity contribution in [3.63, 3.8) is 0 Å². The number of halogens is 3. The number of anilines is 1. The molecule has 130 valence electrons. The number of nitrogens with one attached hydrogen (secondary N) is 1. The third-order valence-electron chi connectivity index (χ3n) is 4.08. The summed E-state index contributed by atoms with van der Waals surface area (Å²) in [4.78, 5) is 11.4. The monoisotopic (exact) mass is 347 g/mol. The lowest BCUT2D eigenvalue weighted by atomic mass is 10.1. The molecule has 1 unspecified atom stereocenters. The first-order valence-corrected chi connectivity index (χ1v) is 7.77. The number of carbonyl (C=O) groups excluding carboxylic acids is 1. The highest BCUT2D eigenvalue weighted by Crippen LogP contribution is 2.37. The Morgan fingerprint density at radius 1 is 1.20 bits per heavy atom. The number of rotatable bonds is 4. The average molecular weight is 347 g/mol. The molecule has 0 bridgehead atoms. The molecule has 1 atom stereocenters. The molecular weight excluding hydrogens is 331 g/mol. The summed E-state index contributed by atoms with van der Waals surface area (Å²) in [6.45, 7) is 3.41. The van der Waals surface area contributed by atoms with Gasteiger partial charge in [0.2, 0.25) is 5.91 Å². The third kappa shape index (κ3) is 3.84. The summed E-state index contributed by atoms with van der Waals surface area (Å²) < 4.78 is 43.7. The van der Waals surface area contributed by atoms with Crippen molar-refractivity contribution in [1.29, 1.82) is 0 Å². The molecule has 1 amide bonds. The molecule has 0 aromatic heterocycles. The molecule has 0 spiro atoms. The molecule has 2 aromatic rings. The lowest BCUT2D eigenvalue weighted by Gasteiger charge is -2.16. The molecule has 1 aliphatic carbocycles. The molecule has 3 nitrogen and oxygen atoms in total. The van der Waals surface area contributed by atoms with Gasteiger partial charge < -0.3 is 10.1 Å². The van der Waals surface area contributed by atoms with Gasteiger partial charge in [-0.15, -0.1) is 0 Å². The van der Waals surface area contributed by atoms with E-state index in [2.05, 4.69) is 11.9 Å². The van der Waals surface area contributed by atoms with Gasteiger partial charge in [-0.25, -0.2) is 0 Å². The number of hydrogen-bond donors (Lipinski definition) is 1. The summed E-state index contributed by atoms with van der Waals surface area (Å²) in [5.41, 5.74) is 1.96. The molecule has 0 heterocycles.